The Balaban J connectivity index is 2.56. The van der Waals surface area contributed by atoms with Crippen LogP contribution in [0, 0.1) is 0 Å². The molecule has 106 valence electrons. The summed E-state index contributed by atoms with van der Waals surface area (Å²) in [5, 5.41) is 6.46. The molecule has 0 spiro atoms. The van der Waals surface area contributed by atoms with E-state index in [1.54, 1.807) is 7.11 Å². The maximum Gasteiger partial charge on any atom is 0.315 e. The lowest BCUT2D eigenvalue weighted by Gasteiger charge is -2.20. The minimum absolute atomic E-state index is 0.0206. The number of ether oxygens (including phenoxy) is 1. The van der Waals surface area contributed by atoms with Gasteiger partial charge in [0.1, 0.15) is 0 Å². The van der Waals surface area contributed by atoms with Crippen molar-refractivity contribution in [3.8, 4) is 0 Å². The fraction of sp³-hybridized carbons (Fsp3) is 0.500. The molecular formula is C14H21ClN2O2. The first kappa shape index (κ1) is 15.8. The molecule has 1 aromatic carbocycles. The van der Waals surface area contributed by atoms with Gasteiger partial charge in [0.2, 0.25) is 0 Å². The van der Waals surface area contributed by atoms with Gasteiger partial charge in [-0.1, -0.05) is 30.7 Å². The Hall–Kier alpha value is -1.26. The van der Waals surface area contributed by atoms with Gasteiger partial charge in [-0.3, -0.25) is 0 Å². The van der Waals surface area contributed by atoms with Crippen LogP contribution in [0.4, 0.5) is 4.79 Å². The van der Waals surface area contributed by atoms with Crippen LogP contribution in [-0.2, 0) is 4.74 Å². The molecule has 0 saturated heterocycles. The van der Waals surface area contributed by atoms with E-state index >= 15 is 0 Å². The third-order valence-corrected chi connectivity index (χ3v) is 3.03. The first-order valence-electron chi connectivity index (χ1n) is 6.38. The Morgan fingerprint density at radius 3 is 2.47 bits per heavy atom. The lowest BCUT2D eigenvalue weighted by molar-refractivity contribution is 0.170. The zero-order valence-corrected chi connectivity index (χ0v) is 12.3. The number of benzene rings is 1. The summed E-state index contributed by atoms with van der Waals surface area (Å²) in [6, 6.07) is 7.27. The first-order valence-corrected chi connectivity index (χ1v) is 6.76. The molecule has 0 saturated carbocycles. The zero-order chi connectivity index (χ0) is 14.3. The van der Waals surface area contributed by atoms with Crippen LogP contribution in [0.25, 0.3) is 0 Å². The Kier molecular flexibility index (Phi) is 6.67. The highest BCUT2D eigenvalue weighted by Crippen LogP contribution is 2.18. The minimum Gasteiger partial charge on any atom is -0.383 e. The van der Waals surface area contributed by atoms with Crippen LogP contribution in [0.15, 0.2) is 24.3 Å². The largest absolute Gasteiger partial charge is 0.383 e. The SMILES string of the molecule is CCC(NC(=O)NC(C)COC)c1ccc(Cl)cc1. The van der Waals surface area contributed by atoms with E-state index in [1.165, 1.54) is 0 Å². The summed E-state index contributed by atoms with van der Waals surface area (Å²) < 4.78 is 4.98. The second kappa shape index (κ2) is 8.02. The number of hydrogen-bond donors (Lipinski definition) is 2. The van der Waals surface area contributed by atoms with Gasteiger partial charge in [-0.05, 0) is 31.0 Å². The van der Waals surface area contributed by atoms with Gasteiger partial charge < -0.3 is 15.4 Å². The van der Waals surface area contributed by atoms with Gasteiger partial charge >= 0.3 is 6.03 Å². The van der Waals surface area contributed by atoms with E-state index in [2.05, 4.69) is 10.6 Å². The molecule has 0 bridgehead atoms. The van der Waals surface area contributed by atoms with Crippen molar-refractivity contribution in [3.05, 3.63) is 34.9 Å². The minimum atomic E-state index is -0.189. The van der Waals surface area contributed by atoms with Crippen molar-refractivity contribution in [1.29, 1.82) is 0 Å². The smallest absolute Gasteiger partial charge is 0.315 e. The lowest BCUT2D eigenvalue weighted by atomic mass is 10.1. The highest BCUT2D eigenvalue weighted by molar-refractivity contribution is 6.30. The molecule has 0 heterocycles. The molecule has 0 aromatic heterocycles. The van der Waals surface area contributed by atoms with Crippen LogP contribution in [0.2, 0.25) is 5.02 Å². The molecule has 0 aliphatic rings. The molecule has 4 nitrogen and oxygen atoms in total. The maximum atomic E-state index is 11.8. The topological polar surface area (TPSA) is 50.4 Å². The molecule has 0 radical (unpaired) electrons. The van der Waals surface area contributed by atoms with Crippen molar-refractivity contribution >= 4 is 17.6 Å². The molecule has 1 aromatic rings. The number of urea groups is 1. The molecule has 19 heavy (non-hydrogen) atoms. The molecule has 2 atom stereocenters. The van der Waals surface area contributed by atoms with Crippen LogP contribution in [-0.4, -0.2) is 25.8 Å². The molecule has 2 unspecified atom stereocenters. The number of rotatable bonds is 6. The highest BCUT2D eigenvalue weighted by Gasteiger charge is 2.14. The number of halogens is 1. The Morgan fingerprint density at radius 1 is 1.32 bits per heavy atom. The summed E-state index contributed by atoms with van der Waals surface area (Å²) in [4.78, 5) is 11.8. The summed E-state index contributed by atoms with van der Waals surface area (Å²) in [7, 11) is 1.61. The number of nitrogens with one attached hydrogen (secondary N) is 2. The van der Waals surface area contributed by atoms with Crippen LogP contribution in [0.3, 0.4) is 0 Å². The third-order valence-electron chi connectivity index (χ3n) is 2.78. The lowest BCUT2D eigenvalue weighted by Crippen LogP contribution is -2.43. The van der Waals surface area contributed by atoms with E-state index in [0.29, 0.717) is 11.6 Å². The summed E-state index contributed by atoms with van der Waals surface area (Å²) in [6.45, 7) is 4.41. The van der Waals surface area contributed by atoms with Crippen molar-refractivity contribution in [1.82, 2.24) is 10.6 Å². The average Bonchev–Trinajstić information content (AvgIpc) is 2.37. The second-order valence-electron chi connectivity index (χ2n) is 4.49. The van der Waals surface area contributed by atoms with Crippen molar-refractivity contribution < 1.29 is 9.53 Å². The first-order chi connectivity index (χ1) is 9.06. The molecular weight excluding hydrogens is 264 g/mol. The van der Waals surface area contributed by atoms with E-state index in [0.717, 1.165) is 12.0 Å². The zero-order valence-electron chi connectivity index (χ0n) is 11.6. The highest BCUT2D eigenvalue weighted by atomic mass is 35.5. The quantitative estimate of drug-likeness (QED) is 0.843. The predicted octanol–water partition coefficient (Wildman–Crippen LogP) is 3.13. The van der Waals surface area contributed by atoms with E-state index in [9.17, 15) is 4.79 Å². The Bertz CT molecular complexity index is 395. The van der Waals surface area contributed by atoms with Crippen molar-refractivity contribution in [2.45, 2.75) is 32.4 Å². The second-order valence-corrected chi connectivity index (χ2v) is 4.92. The Labute approximate surface area is 119 Å². The number of methoxy groups -OCH3 is 1. The average molecular weight is 285 g/mol. The van der Waals surface area contributed by atoms with Crippen LogP contribution in [0.5, 0.6) is 0 Å². The molecule has 0 aliphatic heterocycles. The van der Waals surface area contributed by atoms with Gasteiger partial charge in [-0.25, -0.2) is 4.79 Å². The number of carbonyl (C=O) groups is 1. The molecule has 2 amide bonds. The predicted molar refractivity (Wildman–Crippen MR) is 77.5 cm³/mol. The van der Waals surface area contributed by atoms with E-state index in [-0.39, 0.29) is 18.1 Å². The molecule has 0 aliphatic carbocycles. The van der Waals surface area contributed by atoms with Crippen molar-refractivity contribution in [3.63, 3.8) is 0 Å². The fourth-order valence-electron chi connectivity index (χ4n) is 1.83. The van der Waals surface area contributed by atoms with Crippen molar-refractivity contribution in [2.24, 2.45) is 0 Å². The van der Waals surface area contributed by atoms with Gasteiger partial charge in [0.25, 0.3) is 0 Å². The summed E-state index contributed by atoms with van der Waals surface area (Å²) in [5.41, 5.74) is 1.04. The van der Waals surface area contributed by atoms with E-state index < -0.39 is 0 Å². The maximum absolute atomic E-state index is 11.8. The summed E-state index contributed by atoms with van der Waals surface area (Å²) >= 11 is 5.86. The van der Waals surface area contributed by atoms with Gasteiger partial charge in [0.05, 0.1) is 18.7 Å². The van der Waals surface area contributed by atoms with Gasteiger partial charge in [-0.15, -0.1) is 0 Å². The monoisotopic (exact) mass is 284 g/mol. The van der Waals surface area contributed by atoms with Gasteiger partial charge in [0.15, 0.2) is 0 Å². The normalized spacial score (nSPS) is 13.7. The fourth-order valence-corrected chi connectivity index (χ4v) is 1.96. The van der Waals surface area contributed by atoms with Gasteiger partial charge in [0, 0.05) is 12.1 Å². The summed E-state index contributed by atoms with van der Waals surface area (Å²) in [5.74, 6) is 0. The standard InChI is InChI=1S/C14H21ClN2O2/c1-4-13(11-5-7-12(15)8-6-11)17-14(18)16-10(2)9-19-3/h5-8,10,13H,4,9H2,1-3H3,(H2,16,17,18). The van der Waals surface area contributed by atoms with Crippen LogP contribution < -0.4 is 10.6 Å². The number of hydrogen-bond acceptors (Lipinski definition) is 2. The third kappa shape index (κ3) is 5.49. The number of carbonyl (C=O) groups excluding carboxylic acids is 1. The molecule has 0 fully saturated rings. The van der Waals surface area contributed by atoms with Crippen LogP contribution in [0.1, 0.15) is 31.9 Å². The van der Waals surface area contributed by atoms with Crippen LogP contribution >= 0.6 is 11.6 Å². The van der Waals surface area contributed by atoms with Gasteiger partial charge in [-0.2, -0.15) is 0 Å². The number of amides is 2. The van der Waals surface area contributed by atoms with E-state index in [4.69, 9.17) is 16.3 Å². The molecule has 5 heteroatoms. The Morgan fingerprint density at radius 2 is 1.95 bits per heavy atom. The summed E-state index contributed by atoms with van der Waals surface area (Å²) in [6.07, 6.45) is 0.813. The molecule has 1 rings (SSSR count). The van der Waals surface area contributed by atoms with Crippen molar-refractivity contribution in [2.75, 3.05) is 13.7 Å². The molecule has 2 N–H and O–H groups in total. The van der Waals surface area contributed by atoms with E-state index in [1.807, 2.05) is 38.1 Å².